The Balaban J connectivity index is 2.52. The van der Waals surface area contributed by atoms with E-state index < -0.39 is 55.3 Å². The Bertz CT molecular complexity index is 375. The highest BCUT2D eigenvalue weighted by atomic mass is 16.7. The van der Waals surface area contributed by atoms with Crippen molar-refractivity contribution < 1.29 is 44.6 Å². The van der Waals surface area contributed by atoms with Crippen molar-refractivity contribution in [2.24, 2.45) is 5.73 Å². The van der Waals surface area contributed by atoms with E-state index in [9.17, 15) is 24.9 Å². The number of nitrogens with two attached hydrogens (primary N) is 1. The SMILES string of the molecule is N[C@@H](CCC(=O)O[C@@H]1O[C@H](CO)[C@H](O)[C@H](O)[C@H]1O)C(=O)O. The summed E-state index contributed by atoms with van der Waals surface area (Å²) in [5, 5.41) is 46.2. The fourth-order valence-corrected chi connectivity index (χ4v) is 1.75. The van der Waals surface area contributed by atoms with E-state index in [1.165, 1.54) is 0 Å². The summed E-state index contributed by atoms with van der Waals surface area (Å²) in [6, 6.07) is -1.23. The van der Waals surface area contributed by atoms with Crippen LogP contribution in [0, 0.1) is 0 Å². The summed E-state index contributed by atoms with van der Waals surface area (Å²) in [6.07, 6.45) is -8.18. The first kappa shape index (κ1) is 17.8. The van der Waals surface area contributed by atoms with Gasteiger partial charge in [0.2, 0.25) is 6.29 Å². The molecule has 1 saturated heterocycles. The molecule has 0 aromatic heterocycles. The van der Waals surface area contributed by atoms with Crippen LogP contribution < -0.4 is 5.73 Å². The Kier molecular flexibility index (Phi) is 6.45. The maximum Gasteiger partial charge on any atom is 0.320 e. The van der Waals surface area contributed by atoms with Crippen LogP contribution >= 0.6 is 0 Å². The molecule has 0 aliphatic carbocycles. The van der Waals surface area contributed by atoms with E-state index in [0.717, 1.165) is 0 Å². The molecule has 1 aliphatic rings. The molecule has 1 heterocycles. The van der Waals surface area contributed by atoms with Crippen molar-refractivity contribution in [1.82, 2.24) is 0 Å². The van der Waals surface area contributed by atoms with Crippen molar-refractivity contribution in [3.63, 3.8) is 0 Å². The molecule has 1 fully saturated rings. The molecule has 10 heteroatoms. The van der Waals surface area contributed by atoms with Crippen molar-refractivity contribution >= 4 is 11.9 Å². The summed E-state index contributed by atoms with van der Waals surface area (Å²) in [5.41, 5.74) is 5.22. The monoisotopic (exact) mass is 309 g/mol. The number of aliphatic carboxylic acids is 1. The standard InChI is InChI=1S/C11H19NO9/c12-4(10(18)19)1-2-6(14)21-11-9(17)8(16)7(15)5(3-13)20-11/h4-5,7-9,11,13,15-17H,1-3,12H2,(H,18,19)/t4-,5+,7-,8-,9+,11-/m0/s1. The van der Waals surface area contributed by atoms with E-state index in [1.54, 1.807) is 0 Å². The van der Waals surface area contributed by atoms with Crippen LogP contribution in [0.4, 0.5) is 0 Å². The predicted molar refractivity (Wildman–Crippen MR) is 64.7 cm³/mol. The quantitative estimate of drug-likeness (QED) is 0.270. The predicted octanol–water partition coefficient (Wildman–Crippen LogP) is -3.48. The number of aliphatic hydroxyl groups is 4. The molecule has 0 unspecified atom stereocenters. The number of hydrogen-bond donors (Lipinski definition) is 6. The zero-order chi connectivity index (χ0) is 16.2. The summed E-state index contributed by atoms with van der Waals surface area (Å²) in [7, 11) is 0. The van der Waals surface area contributed by atoms with Crippen molar-refractivity contribution in [2.75, 3.05) is 6.61 Å². The zero-order valence-corrected chi connectivity index (χ0v) is 11.0. The fraction of sp³-hybridized carbons (Fsp3) is 0.818. The molecule has 0 radical (unpaired) electrons. The second kappa shape index (κ2) is 7.64. The molecular weight excluding hydrogens is 290 g/mol. The molecule has 21 heavy (non-hydrogen) atoms. The molecule has 0 aromatic carbocycles. The lowest BCUT2D eigenvalue weighted by Gasteiger charge is -2.39. The van der Waals surface area contributed by atoms with Crippen LogP contribution in [0.3, 0.4) is 0 Å². The van der Waals surface area contributed by atoms with Crippen LogP contribution in [0.5, 0.6) is 0 Å². The third-order valence-electron chi connectivity index (χ3n) is 3.07. The van der Waals surface area contributed by atoms with Crippen molar-refractivity contribution in [3.8, 4) is 0 Å². The van der Waals surface area contributed by atoms with Gasteiger partial charge in [-0.15, -0.1) is 0 Å². The maximum atomic E-state index is 11.5. The lowest BCUT2D eigenvalue weighted by molar-refractivity contribution is -0.292. The number of rotatable bonds is 6. The Labute approximate surface area is 119 Å². The Morgan fingerprint density at radius 1 is 1.19 bits per heavy atom. The molecule has 0 aromatic rings. The number of aliphatic hydroxyl groups excluding tert-OH is 4. The maximum absolute atomic E-state index is 11.5. The molecule has 10 nitrogen and oxygen atoms in total. The number of carbonyl (C=O) groups excluding carboxylic acids is 1. The molecule has 1 aliphatic heterocycles. The van der Waals surface area contributed by atoms with Gasteiger partial charge in [0.1, 0.15) is 30.5 Å². The zero-order valence-electron chi connectivity index (χ0n) is 11.0. The Hall–Kier alpha value is -1.30. The van der Waals surface area contributed by atoms with Crippen LogP contribution in [0.2, 0.25) is 0 Å². The summed E-state index contributed by atoms with van der Waals surface area (Å²) < 4.78 is 9.70. The second-order valence-electron chi connectivity index (χ2n) is 4.67. The van der Waals surface area contributed by atoms with Gasteiger partial charge in [-0.25, -0.2) is 0 Å². The average molecular weight is 309 g/mol. The van der Waals surface area contributed by atoms with Gasteiger partial charge >= 0.3 is 11.9 Å². The Morgan fingerprint density at radius 2 is 1.81 bits per heavy atom. The molecular formula is C11H19NO9. The molecule has 7 N–H and O–H groups in total. The second-order valence-corrected chi connectivity index (χ2v) is 4.67. The van der Waals surface area contributed by atoms with Crippen LogP contribution in [-0.4, -0.2) is 80.8 Å². The summed E-state index contributed by atoms with van der Waals surface area (Å²) >= 11 is 0. The highest BCUT2D eigenvalue weighted by Gasteiger charge is 2.45. The minimum atomic E-state index is -1.69. The highest BCUT2D eigenvalue weighted by Crippen LogP contribution is 2.22. The van der Waals surface area contributed by atoms with Crippen LogP contribution in [-0.2, 0) is 19.1 Å². The van der Waals surface area contributed by atoms with E-state index in [4.69, 9.17) is 25.4 Å². The summed E-state index contributed by atoms with van der Waals surface area (Å²) in [6.45, 7) is -0.650. The molecule has 122 valence electrons. The molecule has 0 saturated carbocycles. The lowest BCUT2D eigenvalue weighted by atomic mass is 9.99. The van der Waals surface area contributed by atoms with Crippen molar-refractivity contribution in [3.05, 3.63) is 0 Å². The van der Waals surface area contributed by atoms with Gasteiger partial charge in [-0.3, -0.25) is 9.59 Å². The van der Waals surface area contributed by atoms with E-state index in [-0.39, 0.29) is 12.8 Å². The van der Waals surface area contributed by atoms with Gasteiger partial charge in [-0.1, -0.05) is 0 Å². The largest absolute Gasteiger partial charge is 0.480 e. The van der Waals surface area contributed by atoms with E-state index in [2.05, 4.69) is 0 Å². The van der Waals surface area contributed by atoms with Gasteiger partial charge in [-0.05, 0) is 6.42 Å². The number of esters is 1. The molecule has 0 spiro atoms. The first-order valence-corrected chi connectivity index (χ1v) is 6.26. The highest BCUT2D eigenvalue weighted by molar-refractivity contribution is 5.75. The third-order valence-corrected chi connectivity index (χ3v) is 3.07. The van der Waals surface area contributed by atoms with Crippen LogP contribution in [0.25, 0.3) is 0 Å². The number of carboxylic acids is 1. The fourth-order valence-electron chi connectivity index (χ4n) is 1.75. The van der Waals surface area contributed by atoms with Gasteiger partial charge in [0, 0.05) is 6.42 Å². The van der Waals surface area contributed by atoms with Gasteiger partial charge in [0.05, 0.1) is 6.61 Å². The number of carbonyl (C=O) groups is 2. The topological polar surface area (TPSA) is 180 Å². The minimum Gasteiger partial charge on any atom is -0.480 e. The number of hydrogen-bond acceptors (Lipinski definition) is 9. The molecule has 0 bridgehead atoms. The van der Waals surface area contributed by atoms with Crippen LogP contribution in [0.15, 0.2) is 0 Å². The van der Waals surface area contributed by atoms with Crippen molar-refractivity contribution in [1.29, 1.82) is 0 Å². The third kappa shape index (κ3) is 4.59. The van der Waals surface area contributed by atoms with E-state index >= 15 is 0 Å². The molecule has 6 atom stereocenters. The number of ether oxygens (including phenoxy) is 2. The van der Waals surface area contributed by atoms with Crippen LogP contribution in [0.1, 0.15) is 12.8 Å². The minimum absolute atomic E-state index is 0.175. The van der Waals surface area contributed by atoms with Gasteiger partial charge in [0.15, 0.2) is 0 Å². The van der Waals surface area contributed by atoms with Gasteiger partial charge in [-0.2, -0.15) is 0 Å². The Morgan fingerprint density at radius 3 is 2.33 bits per heavy atom. The van der Waals surface area contributed by atoms with Crippen molar-refractivity contribution in [2.45, 2.75) is 49.6 Å². The normalized spacial score (nSPS) is 34.2. The van der Waals surface area contributed by atoms with Gasteiger partial charge in [0.25, 0.3) is 0 Å². The first-order chi connectivity index (χ1) is 9.77. The average Bonchev–Trinajstić information content (AvgIpc) is 2.45. The molecule has 0 amide bonds. The summed E-state index contributed by atoms with van der Waals surface area (Å²) in [4.78, 5) is 22.0. The lowest BCUT2D eigenvalue weighted by Crippen LogP contribution is -2.59. The molecule has 1 rings (SSSR count). The first-order valence-electron chi connectivity index (χ1n) is 6.26. The smallest absolute Gasteiger partial charge is 0.320 e. The van der Waals surface area contributed by atoms with Gasteiger partial charge < -0.3 is 40.7 Å². The number of carboxylic acid groups (broad SMARTS) is 1. The summed E-state index contributed by atoms with van der Waals surface area (Å²) in [5.74, 6) is -2.16. The van der Waals surface area contributed by atoms with E-state index in [0.29, 0.717) is 0 Å². The van der Waals surface area contributed by atoms with E-state index in [1.807, 2.05) is 0 Å².